The Labute approximate surface area is 112 Å². The number of amides is 1. The molecule has 2 N–H and O–H groups in total. The van der Waals surface area contributed by atoms with Crippen molar-refractivity contribution in [2.24, 2.45) is 0 Å². The summed E-state index contributed by atoms with van der Waals surface area (Å²) in [5.74, 6) is -0.0670. The lowest BCUT2D eigenvalue weighted by Crippen LogP contribution is -2.50. The van der Waals surface area contributed by atoms with Gasteiger partial charge in [0.2, 0.25) is 0 Å². The van der Waals surface area contributed by atoms with Crippen molar-refractivity contribution in [3.05, 3.63) is 28.8 Å². The van der Waals surface area contributed by atoms with Gasteiger partial charge < -0.3 is 15.4 Å². The normalized spacial score (nSPS) is 24.1. The number of halogens is 1. The molecule has 1 aromatic carbocycles. The van der Waals surface area contributed by atoms with Crippen LogP contribution in [0.4, 0.5) is 5.69 Å². The highest BCUT2D eigenvalue weighted by Crippen LogP contribution is 2.23. The van der Waals surface area contributed by atoms with Gasteiger partial charge in [-0.1, -0.05) is 11.6 Å². The van der Waals surface area contributed by atoms with Crippen LogP contribution in [-0.2, 0) is 4.74 Å². The lowest BCUT2D eigenvalue weighted by atomic mass is 10.1. The summed E-state index contributed by atoms with van der Waals surface area (Å²) in [6.07, 6.45) is 0.0534. The number of nitrogens with two attached hydrogens (primary N) is 1. The number of rotatable bonds is 1. The van der Waals surface area contributed by atoms with Crippen molar-refractivity contribution in [2.45, 2.75) is 26.0 Å². The summed E-state index contributed by atoms with van der Waals surface area (Å²) in [6.45, 7) is 5.06. The van der Waals surface area contributed by atoms with Crippen molar-refractivity contribution < 1.29 is 9.53 Å². The Bertz CT molecular complexity index is 464. The predicted octanol–water partition coefficient (Wildman–Crippen LogP) is 2.17. The molecule has 0 bridgehead atoms. The molecule has 1 amide bonds. The van der Waals surface area contributed by atoms with Gasteiger partial charge in [-0.15, -0.1) is 0 Å². The minimum Gasteiger partial charge on any atom is -0.399 e. The van der Waals surface area contributed by atoms with E-state index in [0.717, 1.165) is 0 Å². The molecule has 2 rings (SSSR count). The molecule has 1 aliphatic rings. The Morgan fingerprint density at radius 2 is 2.22 bits per heavy atom. The second-order valence-electron chi connectivity index (χ2n) is 4.69. The Morgan fingerprint density at radius 1 is 1.50 bits per heavy atom. The quantitative estimate of drug-likeness (QED) is 0.794. The van der Waals surface area contributed by atoms with E-state index in [1.807, 2.05) is 13.8 Å². The SMILES string of the molecule is CC1CN(C(=O)c2ccc(N)cc2Cl)C(C)CO1. The molecule has 1 aliphatic heterocycles. The molecule has 2 unspecified atom stereocenters. The third-order valence-corrected chi connectivity index (χ3v) is 3.40. The van der Waals surface area contributed by atoms with Crippen molar-refractivity contribution in [2.75, 3.05) is 18.9 Å². The second-order valence-corrected chi connectivity index (χ2v) is 5.10. The molecule has 1 saturated heterocycles. The van der Waals surface area contributed by atoms with Gasteiger partial charge in [0, 0.05) is 12.2 Å². The van der Waals surface area contributed by atoms with Crippen molar-refractivity contribution in [3.8, 4) is 0 Å². The summed E-state index contributed by atoms with van der Waals surface area (Å²) in [6, 6.07) is 5.02. The van der Waals surface area contributed by atoms with Gasteiger partial charge in [-0.2, -0.15) is 0 Å². The molecule has 0 aliphatic carbocycles. The first-order valence-corrected chi connectivity index (χ1v) is 6.34. The zero-order chi connectivity index (χ0) is 13.3. The third kappa shape index (κ3) is 2.60. The maximum Gasteiger partial charge on any atom is 0.255 e. The average molecular weight is 269 g/mol. The van der Waals surface area contributed by atoms with E-state index in [9.17, 15) is 4.79 Å². The van der Waals surface area contributed by atoms with Gasteiger partial charge in [0.05, 0.1) is 29.3 Å². The highest BCUT2D eigenvalue weighted by molar-refractivity contribution is 6.34. The molecule has 0 aromatic heterocycles. The molecule has 1 aromatic rings. The fourth-order valence-electron chi connectivity index (χ4n) is 2.05. The molecule has 0 saturated carbocycles. The van der Waals surface area contributed by atoms with Crippen LogP contribution in [0.25, 0.3) is 0 Å². The van der Waals surface area contributed by atoms with Crippen LogP contribution in [0.15, 0.2) is 18.2 Å². The summed E-state index contributed by atoms with van der Waals surface area (Å²) in [4.78, 5) is 14.2. The van der Waals surface area contributed by atoms with Gasteiger partial charge in [-0.05, 0) is 32.0 Å². The number of nitrogens with zero attached hydrogens (tertiary/aromatic N) is 1. The summed E-state index contributed by atoms with van der Waals surface area (Å²) >= 11 is 6.07. The topological polar surface area (TPSA) is 55.6 Å². The van der Waals surface area contributed by atoms with Crippen LogP contribution in [0, 0.1) is 0 Å². The summed E-state index contributed by atoms with van der Waals surface area (Å²) in [7, 11) is 0. The second kappa shape index (κ2) is 5.16. The molecule has 0 radical (unpaired) electrons. The van der Waals surface area contributed by atoms with E-state index in [4.69, 9.17) is 22.1 Å². The molecule has 2 atom stereocenters. The number of nitrogen functional groups attached to an aromatic ring is 1. The van der Waals surface area contributed by atoms with Crippen LogP contribution in [0.5, 0.6) is 0 Å². The Hall–Kier alpha value is -1.26. The van der Waals surface area contributed by atoms with Gasteiger partial charge in [0.25, 0.3) is 5.91 Å². The minimum atomic E-state index is -0.0670. The molecule has 4 nitrogen and oxygen atoms in total. The monoisotopic (exact) mass is 268 g/mol. The van der Waals surface area contributed by atoms with Gasteiger partial charge >= 0.3 is 0 Å². The lowest BCUT2D eigenvalue weighted by Gasteiger charge is -2.37. The van der Waals surface area contributed by atoms with Gasteiger partial charge in [0.15, 0.2) is 0 Å². The van der Waals surface area contributed by atoms with Crippen LogP contribution in [0.1, 0.15) is 24.2 Å². The first-order chi connectivity index (χ1) is 8.49. The number of carbonyl (C=O) groups excluding carboxylic acids is 1. The standard InChI is InChI=1S/C13H17ClN2O2/c1-8-7-18-9(2)6-16(8)13(17)11-4-3-10(15)5-12(11)14/h3-5,8-9H,6-7,15H2,1-2H3. The summed E-state index contributed by atoms with van der Waals surface area (Å²) < 4.78 is 5.51. The van der Waals surface area contributed by atoms with Crippen LogP contribution in [0.2, 0.25) is 5.02 Å². The zero-order valence-electron chi connectivity index (χ0n) is 10.5. The number of hydrogen-bond acceptors (Lipinski definition) is 3. The fraction of sp³-hybridized carbons (Fsp3) is 0.462. The number of carbonyl (C=O) groups is 1. The predicted molar refractivity (Wildman–Crippen MR) is 71.8 cm³/mol. The number of morpholine rings is 1. The molecule has 0 spiro atoms. The third-order valence-electron chi connectivity index (χ3n) is 3.09. The van der Waals surface area contributed by atoms with Crippen molar-refractivity contribution in [1.29, 1.82) is 0 Å². The van der Waals surface area contributed by atoms with E-state index in [2.05, 4.69) is 0 Å². The maximum atomic E-state index is 12.4. The minimum absolute atomic E-state index is 0.0534. The van der Waals surface area contributed by atoms with E-state index < -0.39 is 0 Å². The Morgan fingerprint density at radius 3 is 2.89 bits per heavy atom. The molecular weight excluding hydrogens is 252 g/mol. The van der Waals surface area contributed by atoms with E-state index in [1.165, 1.54) is 0 Å². The number of ether oxygens (including phenoxy) is 1. The van der Waals surface area contributed by atoms with Crippen LogP contribution < -0.4 is 5.73 Å². The number of hydrogen-bond donors (Lipinski definition) is 1. The zero-order valence-corrected chi connectivity index (χ0v) is 11.3. The maximum absolute atomic E-state index is 12.4. The van der Waals surface area contributed by atoms with Crippen LogP contribution in [-0.4, -0.2) is 36.1 Å². The first kappa shape index (κ1) is 13.2. The largest absolute Gasteiger partial charge is 0.399 e. The van der Waals surface area contributed by atoms with Crippen LogP contribution >= 0.6 is 11.6 Å². The fourth-order valence-corrected chi connectivity index (χ4v) is 2.32. The Balaban J connectivity index is 2.24. The van der Waals surface area contributed by atoms with Crippen LogP contribution in [0.3, 0.4) is 0 Å². The Kier molecular flexibility index (Phi) is 3.78. The van der Waals surface area contributed by atoms with E-state index in [0.29, 0.717) is 29.4 Å². The molecular formula is C13H17ClN2O2. The number of anilines is 1. The molecule has 5 heteroatoms. The first-order valence-electron chi connectivity index (χ1n) is 5.96. The molecule has 1 fully saturated rings. The van der Waals surface area contributed by atoms with Gasteiger partial charge in [0.1, 0.15) is 0 Å². The lowest BCUT2D eigenvalue weighted by molar-refractivity contribution is -0.0387. The highest BCUT2D eigenvalue weighted by atomic mass is 35.5. The molecule has 1 heterocycles. The van der Waals surface area contributed by atoms with Crippen molar-refractivity contribution in [1.82, 2.24) is 4.90 Å². The van der Waals surface area contributed by atoms with Gasteiger partial charge in [-0.25, -0.2) is 0 Å². The number of benzene rings is 1. The molecule has 98 valence electrons. The summed E-state index contributed by atoms with van der Waals surface area (Å²) in [5.41, 5.74) is 6.67. The molecule has 18 heavy (non-hydrogen) atoms. The highest BCUT2D eigenvalue weighted by Gasteiger charge is 2.29. The van der Waals surface area contributed by atoms with E-state index >= 15 is 0 Å². The average Bonchev–Trinajstić information content (AvgIpc) is 2.31. The smallest absolute Gasteiger partial charge is 0.255 e. The van der Waals surface area contributed by atoms with E-state index in [1.54, 1.807) is 23.1 Å². The van der Waals surface area contributed by atoms with E-state index in [-0.39, 0.29) is 18.1 Å². The van der Waals surface area contributed by atoms with Crippen molar-refractivity contribution >= 4 is 23.2 Å². The summed E-state index contributed by atoms with van der Waals surface area (Å²) in [5, 5.41) is 0.395. The van der Waals surface area contributed by atoms with Gasteiger partial charge in [-0.3, -0.25) is 4.79 Å². The van der Waals surface area contributed by atoms with Crippen molar-refractivity contribution in [3.63, 3.8) is 0 Å².